The fourth-order valence-electron chi connectivity index (χ4n) is 4.97. The van der Waals surface area contributed by atoms with Gasteiger partial charge in [0.2, 0.25) is 0 Å². The standard InChI is InChI=1S/C22H25FN6O2/c1-21-6-3-7-22(2,28-21)19(23)18(11-21)31-20-25-12-16(26-27-20)15-5-4-14(10-17(15)30)29-9-8-24-13-29/h4-5,8-10,12-13,18-19,28,30H,3,6-7,11H2,1-2H3/t18-,19-,21-,22+/m1/s1. The zero-order chi connectivity index (χ0) is 21.6. The normalized spacial score (nSPS) is 30.2. The Morgan fingerprint density at radius 2 is 2.13 bits per heavy atom. The van der Waals surface area contributed by atoms with Crippen LogP contribution in [-0.2, 0) is 0 Å². The molecule has 8 nitrogen and oxygen atoms in total. The molecule has 0 aliphatic carbocycles. The summed E-state index contributed by atoms with van der Waals surface area (Å²) in [6.45, 7) is 4.04. The molecule has 31 heavy (non-hydrogen) atoms. The van der Waals surface area contributed by atoms with Crippen LogP contribution in [0.4, 0.5) is 4.39 Å². The van der Waals surface area contributed by atoms with E-state index < -0.39 is 17.8 Å². The number of ether oxygens (including phenoxy) is 1. The number of benzene rings is 1. The second-order valence-corrected chi connectivity index (χ2v) is 9.02. The van der Waals surface area contributed by atoms with Crippen LogP contribution in [0.15, 0.2) is 43.1 Å². The van der Waals surface area contributed by atoms with Crippen LogP contribution < -0.4 is 10.1 Å². The first-order chi connectivity index (χ1) is 14.9. The van der Waals surface area contributed by atoms with Crippen molar-refractivity contribution in [3.05, 3.63) is 43.1 Å². The van der Waals surface area contributed by atoms with Crippen LogP contribution in [0, 0.1) is 0 Å². The zero-order valence-electron chi connectivity index (χ0n) is 17.5. The lowest BCUT2D eigenvalue weighted by Crippen LogP contribution is -2.71. The number of nitrogens with zero attached hydrogens (tertiary/aromatic N) is 5. The molecule has 162 valence electrons. The number of halogens is 1. The van der Waals surface area contributed by atoms with Gasteiger partial charge < -0.3 is 19.7 Å². The molecule has 2 aromatic heterocycles. The van der Waals surface area contributed by atoms with Crippen molar-refractivity contribution in [1.82, 2.24) is 30.0 Å². The van der Waals surface area contributed by atoms with Crippen LogP contribution in [0.2, 0.25) is 0 Å². The van der Waals surface area contributed by atoms with Crippen LogP contribution in [0.1, 0.15) is 39.5 Å². The van der Waals surface area contributed by atoms with Crippen molar-refractivity contribution >= 4 is 0 Å². The molecule has 2 bridgehead atoms. The molecule has 2 aliphatic rings. The molecular formula is C22H25FN6O2. The van der Waals surface area contributed by atoms with Crippen molar-refractivity contribution < 1.29 is 14.2 Å². The molecule has 2 saturated heterocycles. The van der Waals surface area contributed by atoms with E-state index in [1.807, 2.05) is 13.0 Å². The fourth-order valence-corrected chi connectivity index (χ4v) is 4.97. The lowest BCUT2D eigenvalue weighted by atomic mass is 9.69. The summed E-state index contributed by atoms with van der Waals surface area (Å²) >= 11 is 0. The van der Waals surface area contributed by atoms with Gasteiger partial charge in [0.1, 0.15) is 17.5 Å². The van der Waals surface area contributed by atoms with Gasteiger partial charge in [-0.15, -0.1) is 5.10 Å². The first kappa shape index (κ1) is 19.9. The monoisotopic (exact) mass is 424 g/mol. The minimum absolute atomic E-state index is 0.0399. The highest BCUT2D eigenvalue weighted by Crippen LogP contribution is 2.42. The number of alkyl halides is 1. The predicted molar refractivity (Wildman–Crippen MR) is 112 cm³/mol. The largest absolute Gasteiger partial charge is 0.507 e. The molecule has 1 aromatic carbocycles. The molecule has 3 aromatic rings. The van der Waals surface area contributed by atoms with Crippen molar-refractivity contribution in [3.63, 3.8) is 0 Å². The first-order valence-corrected chi connectivity index (χ1v) is 10.5. The van der Waals surface area contributed by atoms with E-state index in [4.69, 9.17) is 4.74 Å². The van der Waals surface area contributed by atoms with Crippen molar-refractivity contribution in [2.75, 3.05) is 0 Å². The molecule has 9 heteroatoms. The summed E-state index contributed by atoms with van der Waals surface area (Å²) in [5.74, 6) is 0.0480. The smallest absolute Gasteiger partial charge is 0.336 e. The molecule has 2 N–H and O–H groups in total. The summed E-state index contributed by atoms with van der Waals surface area (Å²) in [7, 11) is 0. The summed E-state index contributed by atoms with van der Waals surface area (Å²) in [5, 5.41) is 22.1. The van der Waals surface area contributed by atoms with Gasteiger partial charge >= 0.3 is 6.01 Å². The highest BCUT2D eigenvalue weighted by molar-refractivity contribution is 5.67. The average Bonchev–Trinajstić information content (AvgIpc) is 3.27. The van der Waals surface area contributed by atoms with Crippen LogP contribution in [0.5, 0.6) is 11.8 Å². The number of imidazole rings is 1. The summed E-state index contributed by atoms with van der Waals surface area (Å²) in [5.41, 5.74) is 0.907. The molecule has 4 atom stereocenters. The molecule has 2 aliphatic heterocycles. The van der Waals surface area contributed by atoms with Gasteiger partial charge in [-0.2, -0.15) is 0 Å². The van der Waals surface area contributed by atoms with Crippen LogP contribution >= 0.6 is 0 Å². The number of hydrogen-bond acceptors (Lipinski definition) is 7. The van der Waals surface area contributed by atoms with Gasteiger partial charge in [-0.1, -0.05) is 5.10 Å². The lowest BCUT2D eigenvalue weighted by Gasteiger charge is -2.54. The van der Waals surface area contributed by atoms with Gasteiger partial charge in [-0.25, -0.2) is 14.4 Å². The minimum atomic E-state index is -1.16. The maximum atomic E-state index is 15.2. The Kier molecular flexibility index (Phi) is 4.65. The molecule has 5 rings (SSSR count). The van der Waals surface area contributed by atoms with Gasteiger partial charge in [0, 0.05) is 36.0 Å². The summed E-state index contributed by atoms with van der Waals surface area (Å²) < 4.78 is 22.8. The van der Waals surface area contributed by atoms with Crippen LogP contribution in [-0.4, -0.2) is 53.2 Å². The Morgan fingerprint density at radius 3 is 2.84 bits per heavy atom. The molecule has 0 spiro atoms. The molecule has 0 radical (unpaired) electrons. The number of rotatable bonds is 4. The fraction of sp³-hybridized carbons (Fsp3) is 0.455. The molecule has 2 fully saturated rings. The topological polar surface area (TPSA) is 98.0 Å². The van der Waals surface area contributed by atoms with E-state index in [0.717, 1.165) is 24.9 Å². The van der Waals surface area contributed by atoms with Gasteiger partial charge in [0.05, 0.1) is 23.8 Å². The highest BCUT2D eigenvalue weighted by atomic mass is 19.1. The Balaban J connectivity index is 1.34. The van der Waals surface area contributed by atoms with Crippen molar-refractivity contribution in [1.29, 1.82) is 0 Å². The number of piperidine rings is 2. The van der Waals surface area contributed by atoms with E-state index in [-0.39, 0.29) is 17.3 Å². The highest BCUT2D eigenvalue weighted by Gasteiger charge is 2.53. The summed E-state index contributed by atoms with van der Waals surface area (Å²) in [4.78, 5) is 8.23. The molecular weight excluding hydrogens is 399 g/mol. The van der Waals surface area contributed by atoms with E-state index >= 15 is 4.39 Å². The van der Waals surface area contributed by atoms with E-state index in [2.05, 4.69) is 32.4 Å². The quantitative estimate of drug-likeness (QED) is 0.664. The average molecular weight is 424 g/mol. The lowest BCUT2D eigenvalue weighted by molar-refractivity contribution is -0.0641. The number of aromatic nitrogens is 5. The number of phenols is 1. The Labute approximate surface area is 179 Å². The second-order valence-electron chi connectivity index (χ2n) is 9.02. The van der Waals surface area contributed by atoms with Gasteiger partial charge in [-0.05, 0) is 45.2 Å². The van der Waals surface area contributed by atoms with Crippen molar-refractivity contribution in [2.45, 2.75) is 62.9 Å². The Hall–Kier alpha value is -3.07. The maximum Gasteiger partial charge on any atom is 0.336 e. The maximum absolute atomic E-state index is 15.2. The van der Waals surface area contributed by atoms with Crippen LogP contribution in [0.25, 0.3) is 16.9 Å². The first-order valence-electron chi connectivity index (χ1n) is 10.5. The summed E-state index contributed by atoms with van der Waals surface area (Å²) in [6.07, 6.45) is 8.10. The Morgan fingerprint density at radius 1 is 1.26 bits per heavy atom. The number of hydrogen-bond donors (Lipinski definition) is 2. The molecule has 0 amide bonds. The van der Waals surface area contributed by atoms with Gasteiger partial charge in [-0.3, -0.25) is 0 Å². The molecule has 0 saturated carbocycles. The van der Waals surface area contributed by atoms with Crippen molar-refractivity contribution in [2.24, 2.45) is 0 Å². The van der Waals surface area contributed by atoms with E-state index in [9.17, 15) is 5.11 Å². The summed E-state index contributed by atoms with van der Waals surface area (Å²) in [6, 6.07) is 5.24. The second kappa shape index (κ2) is 7.26. The third-order valence-electron chi connectivity index (χ3n) is 6.46. The third-order valence-corrected chi connectivity index (χ3v) is 6.46. The van der Waals surface area contributed by atoms with Gasteiger partial charge in [0.15, 0.2) is 6.17 Å². The van der Waals surface area contributed by atoms with E-state index in [1.54, 1.807) is 35.4 Å². The van der Waals surface area contributed by atoms with E-state index in [0.29, 0.717) is 17.7 Å². The number of nitrogens with one attached hydrogen (secondary N) is 1. The zero-order valence-corrected chi connectivity index (χ0v) is 17.5. The predicted octanol–water partition coefficient (Wildman–Crippen LogP) is 3.21. The molecule has 4 heterocycles. The SMILES string of the molecule is C[C@]12CCC[C@](C)(N1)[C@H](F)[C@H](Oc1ncc(-c3ccc(-n4ccnc4)cc3O)nn1)C2. The number of phenolic OH excluding ortho intramolecular Hbond substituents is 1. The third kappa shape index (κ3) is 3.63. The molecule has 0 unspecified atom stereocenters. The van der Waals surface area contributed by atoms with E-state index in [1.165, 1.54) is 6.20 Å². The number of aromatic hydroxyl groups is 1. The van der Waals surface area contributed by atoms with Gasteiger partial charge in [0.25, 0.3) is 0 Å². The number of fused-ring (bicyclic) bond motifs is 2. The minimum Gasteiger partial charge on any atom is -0.507 e. The Bertz CT molecular complexity index is 1080. The van der Waals surface area contributed by atoms with Crippen molar-refractivity contribution in [3.8, 4) is 28.7 Å². The van der Waals surface area contributed by atoms with Crippen LogP contribution in [0.3, 0.4) is 0 Å².